The van der Waals surface area contributed by atoms with E-state index in [2.05, 4.69) is 20.6 Å². The number of pyridine rings is 2. The number of aromatic nitrogens is 2. The summed E-state index contributed by atoms with van der Waals surface area (Å²) in [4.78, 5) is 36.4. The highest BCUT2D eigenvalue weighted by molar-refractivity contribution is 6.06. The first-order chi connectivity index (χ1) is 15.1. The van der Waals surface area contributed by atoms with Crippen LogP contribution < -0.4 is 15.4 Å². The largest absolute Gasteiger partial charge is 0.497 e. The molecule has 31 heavy (non-hydrogen) atoms. The zero-order chi connectivity index (χ0) is 21.4. The lowest BCUT2D eigenvalue weighted by atomic mass is 10.2. The van der Waals surface area contributed by atoms with Crippen molar-refractivity contribution in [2.75, 3.05) is 17.7 Å². The van der Waals surface area contributed by atoms with Crippen molar-refractivity contribution < 1.29 is 14.3 Å². The predicted octanol–water partition coefficient (Wildman–Crippen LogP) is 3.36. The highest BCUT2D eigenvalue weighted by Crippen LogP contribution is 2.46. The maximum atomic E-state index is 13.2. The summed E-state index contributed by atoms with van der Waals surface area (Å²) in [6.07, 6.45) is 4.63. The Morgan fingerprint density at radius 1 is 1.03 bits per heavy atom. The van der Waals surface area contributed by atoms with Gasteiger partial charge in [-0.1, -0.05) is 6.07 Å². The number of carbonyl (C=O) groups is 2. The molecule has 0 atom stereocenters. The summed E-state index contributed by atoms with van der Waals surface area (Å²) >= 11 is 0. The Morgan fingerprint density at radius 2 is 1.77 bits per heavy atom. The number of anilines is 3. The maximum absolute atomic E-state index is 13.2. The van der Waals surface area contributed by atoms with E-state index >= 15 is 0 Å². The van der Waals surface area contributed by atoms with Crippen LogP contribution in [-0.2, 0) is 11.3 Å². The number of nitrogens with one attached hydrogen (secondary N) is 2. The van der Waals surface area contributed by atoms with Crippen molar-refractivity contribution >= 4 is 29.0 Å². The Labute approximate surface area is 179 Å². The van der Waals surface area contributed by atoms with Crippen molar-refractivity contribution in [3.05, 3.63) is 72.2 Å². The molecule has 3 aromatic rings. The monoisotopic (exact) mass is 415 g/mol. The molecule has 1 saturated carbocycles. The van der Waals surface area contributed by atoms with Crippen LogP contribution in [0.3, 0.4) is 0 Å². The summed E-state index contributed by atoms with van der Waals surface area (Å²) in [7, 11) is 1.59. The van der Waals surface area contributed by atoms with Gasteiger partial charge in [0.25, 0.3) is 5.91 Å². The summed E-state index contributed by atoms with van der Waals surface area (Å²) < 4.78 is 5.15. The molecule has 1 aliphatic heterocycles. The van der Waals surface area contributed by atoms with Crippen LogP contribution in [0.4, 0.5) is 17.2 Å². The highest BCUT2D eigenvalue weighted by Gasteiger charge is 2.58. The molecule has 3 heterocycles. The second kappa shape index (κ2) is 7.39. The number of rotatable bonds is 6. The van der Waals surface area contributed by atoms with Crippen LogP contribution in [-0.4, -0.2) is 39.3 Å². The predicted molar refractivity (Wildman–Crippen MR) is 115 cm³/mol. The molecule has 8 heteroatoms. The first-order valence-electron chi connectivity index (χ1n) is 10.0. The normalized spacial score (nSPS) is 15.9. The molecule has 1 aromatic carbocycles. The van der Waals surface area contributed by atoms with Crippen molar-refractivity contribution in [2.45, 2.75) is 24.9 Å². The Bertz CT molecular complexity index is 1140. The standard InChI is InChI=1S/C23H21N5O3/c1-31-18-5-3-16(4-6-18)26-22(30)23(10-11-23)28-14-15-2-7-19(27-20(15)21(28)29)25-17-8-12-24-13-9-17/h2-9,12-13H,10-11,14H2,1H3,(H,26,30)(H,24,25,27). The van der Waals surface area contributed by atoms with Crippen molar-refractivity contribution in [1.29, 1.82) is 0 Å². The van der Waals surface area contributed by atoms with Crippen molar-refractivity contribution in [3.63, 3.8) is 0 Å². The average molecular weight is 415 g/mol. The van der Waals surface area contributed by atoms with Gasteiger partial charge < -0.3 is 20.3 Å². The van der Waals surface area contributed by atoms with Gasteiger partial charge in [0.05, 0.1) is 7.11 Å². The molecule has 2 aliphatic rings. The smallest absolute Gasteiger partial charge is 0.274 e. The SMILES string of the molecule is COc1ccc(NC(=O)C2(N3Cc4ccc(Nc5ccncc5)nc4C3=O)CC2)cc1. The molecular weight excluding hydrogens is 394 g/mol. The minimum atomic E-state index is -0.823. The summed E-state index contributed by atoms with van der Waals surface area (Å²) in [5.41, 5.74) is 1.90. The third-order valence-electron chi connectivity index (χ3n) is 5.72. The first-order valence-corrected chi connectivity index (χ1v) is 10.0. The van der Waals surface area contributed by atoms with Gasteiger partial charge >= 0.3 is 0 Å². The Balaban J connectivity index is 1.33. The third-order valence-corrected chi connectivity index (χ3v) is 5.72. The van der Waals surface area contributed by atoms with E-state index in [0.717, 1.165) is 11.3 Å². The third kappa shape index (κ3) is 3.46. The fourth-order valence-electron chi connectivity index (χ4n) is 3.83. The number of methoxy groups -OCH3 is 1. The second-order valence-electron chi connectivity index (χ2n) is 7.67. The molecule has 0 radical (unpaired) electrons. The molecule has 5 rings (SSSR count). The number of carbonyl (C=O) groups excluding carboxylic acids is 2. The van der Waals surface area contributed by atoms with E-state index < -0.39 is 5.54 Å². The zero-order valence-corrected chi connectivity index (χ0v) is 17.0. The van der Waals surface area contributed by atoms with E-state index in [0.29, 0.717) is 42.3 Å². The van der Waals surface area contributed by atoms with Crippen LogP contribution in [0.5, 0.6) is 5.75 Å². The fraction of sp³-hybridized carbons (Fsp3) is 0.217. The van der Waals surface area contributed by atoms with Crippen LogP contribution in [0.2, 0.25) is 0 Å². The minimum Gasteiger partial charge on any atom is -0.497 e. The zero-order valence-electron chi connectivity index (χ0n) is 17.0. The number of hydrogen-bond acceptors (Lipinski definition) is 6. The number of ether oxygens (including phenoxy) is 1. The molecule has 0 bridgehead atoms. The lowest BCUT2D eigenvalue weighted by Crippen LogP contribution is -2.46. The summed E-state index contributed by atoms with van der Waals surface area (Å²) in [6, 6.07) is 14.5. The van der Waals surface area contributed by atoms with E-state index in [9.17, 15) is 9.59 Å². The molecule has 0 unspecified atom stereocenters. The molecule has 156 valence electrons. The van der Waals surface area contributed by atoms with Crippen LogP contribution in [0.1, 0.15) is 28.9 Å². The minimum absolute atomic E-state index is 0.172. The molecule has 0 spiro atoms. The van der Waals surface area contributed by atoms with Crippen LogP contribution >= 0.6 is 0 Å². The molecule has 2 aromatic heterocycles. The second-order valence-corrected chi connectivity index (χ2v) is 7.67. The Hall–Kier alpha value is -3.94. The molecule has 8 nitrogen and oxygen atoms in total. The van der Waals surface area contributed by atoms with Crippen LogP contribution in [0, 0.1) is 0 Å². The van der Waals surface area contributed by atoms with Gasteiger partial charge in [0.15, 0.2) is 0 Å². The van der Waals surface area contributed by atoms with E-state index in [1.54, 1.807) is 48.7 Å². The number of nitrogens with zero attached hydrogens (tertiary/aromatic N) is 3. The fourth-order valence-corrected chi connectivity index (χ4v) is 3.83. The summed E-state index contributed by atoms with van der Waals surface area (Å²) in [5, 5.41) is 6.11. The van der Waals surface area contributed by atoms with Gasteiger partial charge in [-0.2, -0.15) is 0 Å². The van der Waals surface area contributed by atoms with Crippen molar-refractivity contribution in [3.8, 4) is 5.75 Å². The van der Waals surface area contributed by atoms with Gasteiger partial charge in [0.1, 0.15) is 22.8 Å². The topological polar surface area (TPSA) is 96.5 Å². The van der Waals surface area contributed by atoms with E-state index in [1.165, 1.54) is 0 Å². The first kappa shape index (κ1) is 19.0. The molecular formula is C23H21N5O3. The van der Waals surface area contributed by atoms with Gasteiger partial charge in [-0.15, -0.1) is 0 Å². The molecule has 1 aliphatic carbocycles. The summed E-state index contributed by atoms with van der Waals surface area (Å²) in [5.74, 6) is 0.906. The van der Waals surface area contributed by atoms with E-state index in [-0.39, 0.29) is 11.8 Å². The number of benzene rings is 1. The van der Waals surface area contributed by atoms with E-state index in [4.69, 9.17) is 4.74 Å². The quantitative estimate of drug-likeness (QED) is 0.641. The highest BCUT2D eigenvalue weighted by atomic mass is 16.5. The number of hydrogen-bond donors (Lipinski definition) is 2. The maximum Gasteiger partial charge on any atom is 0.274 e. The van der Waals surface area contributed by atoms with Crippen LogP contribution in [0.25, 0.3) is 0 Å². The lowest BCUT2D eigenvalue weighted by molar-refractivity contribution is -0.122. The number of amides is 2. The van der Waals surface area contributed by atoms with Gasteiger partial charge in [0, 0.05) is 35.9 Å². The van der Waals surface area contributed by atoms with E-state index in [1.807, 2.05) is 24.3 Å². The average Bonchev–Trinajstić information content (AvgIpc) is 3.54. The van der Waals surface area contributed by atoms with Gasteiger partial charge in [0.2, 0.25) is 5.91 Å². The Morgan fingerprint density at radius 3 is 2.45 bits per heavy atom. The van der Waals surface area contributed by atoms with Crippen molar-refractivity contribution in [1.82, 2.24) is 14.9 Å². The molecule has 0 saturated heterocycles. The Kier molecular flexibility index (Phi) is 4.54. The van der Waals surface area contributed by atoms with Gasteiger partial charge in [-0.3, -0.25) is 14.6 Å². The van der Waals surface area contributed by atoms with Gasteiger partial charge in [-0.25, -0.2) is 4.98 Å². The summed E-state index contributed by atoms with van der Waals surface area (Å²) in [6.45, 7) is 0.382. The molecule has 2 amide bonds. The molecule has 1 fully saturated rings. The van der Waals surface area contributed by atoms with Gasteiger partial charge in [-0.05, 0) is 55.3 Å². The van der Waals surface area contributed by atoms with Crippen molar-refractivity contribution in [2.24, 2.45) is 0 Å². The molecule has 2 N–H and O–H groups in total. The van der Waals surface area contributed by atoms with Crippen LogP contribution in [0.15, 0.2) is 60.9 Å². The lowest BCUT2D eigenvalue weighted by Gasteiger charge is -2.26. The number of fused-ring (bicyclic) bond motifs is 1.